The van der Waals surface area contributed by atoms with Crippen molar-refractivity contribution in [2.24, 2.45) is 0 Å². The van der Waals surface area contributed by atoms with Gasteiger partial charge >= 0.3 is 0 Å². The monoisotopic (exact) mass is 349 g/mol. The first kappa shape index (κ1) is 18.5. The lowest BCUT2D eigenvalue weighted by atomic mass is 10.1. The summed E-state index contributed by atoms with van der Waals surface area (Å²) in [6, 6.07) is 6.45. The molecule has 1 aromatic heterocycles. The Balaban J connectivity index is 2.30. The minimum atomic E-state index is -0.319. The van der Waals surface area contributed by atoms with E-state index in [-0.39, 0.29) is 17.8 Å². The van der Waals surface area contributed by atoms with Crippen LogP contribution in [0.15, 0.2) is 29.6 Å². The highest BCUT2D eigenvalue weighted by Gasteiger charge is 2.19. The molecule has 5 heteroatoms. The molecule has 0 atom stereocenters. The fraction of sp³-hybridized carbons (Fsp3) is 0.421. The van der Waals surface area contributed by atoms with Crippen molar-refractivity contribution in [3.8, 4) is 5.75 Å². The van der Waals surface area contributed by atoms with Crippen LogP contribution in [0.5, 0.6) is 5.75 Å². The first-order valence-electron chi connectivity index (χ1n) is 8.26. The van der Waals surface area contributed by atoms with Crippen LogP contribution >= 0.6 is 11.3 Å². The lowest BCUT2D eigenvalue weighted by Gasteiger charge is -2.19. The Morgan fingerprint density at radius 1 is 1.25 bits per heavy atom. The number of nitrogens with zero attached hydrogens (tertiary/aromatic N) is 1. The molecule has 0 saturated carbocycles. The first-order chi connectivity index (χ1) is 11.5. The molecule has 0 saturated heterocycles. The summed E-state index contributed by atoms with van der Waals surface area (Å²) >= 11 is 1.55. The number of hydrogen-bond acceptors (Lipinski definition) is 3. The van der Waals surface area contributed by atoms with Gasteiger partial charge in [0.15, 0.2) is 0 Å². The Morgan fingerprint density at radius 3 is 2.58 bits per heavy atom. The van der Waals surface area contributed by atoms with Crippen molar-refractivity contribution >= 4 is 17.2 Å². The van der Waals surface area contributed by atoms with E-state index in [1.54, 1.807) is 17.4 Å². The third-order valence-corrected chi connectivity index (χ3v) is 4.69. The number of thiophene rings is 1. The third-order valence-electron chi connectivity index (χ3n) is 3.77. The van der Waals surface area contributed by atoms with Crippen LogP contribution in [-0.4, -0.2) is 30.0 Å². The summed E-state index contributed by atoms with van der Waals surface area (Å²) in [7, 11) is 0. The molecule has 0 N–H and O–H groups in total. The van der Waals surface area contributed by atoms with Crippen molar-refractivity contribution in [2.75, 3.05) is 13.1 Å². The molecule has 2 aromatic rings. The largest absolute Gasteiger partial charge is 0.491 e. The van der Waals surface area contributed by atoms with Crippen LogP contribution in [0.3, 0.4) is 0 Å². The van der Waals surface area contributed by atoms with Crippen molar-refractivity contribution in [1.29, 1.82) is 0 Å². The van der Waals surface area contributed by atoms with E-state index >= 15 is 0 Å². The number of carbonyl (C=O) groups is 1. The smallest absolute Gasteiger partial charge is 0.254 e. The molecule has 0 aliphatic heterocycles. The van der Waals surface area contributed by atoms with Gasteiger partial charge in [-0.15, -0.1) is 11.3 Å². The van der Waals surface area contributed by atoms with Gasteiger partial charge in [0.1, 0.15) is 11.6 Å². The summed E-state index contributed by atoms with van der Waals surface area (Å²) in [4.78, 5) is 15.4. The molecule has 1 amide bonds. The van der Waals surface area contributed by atoms with Crippen LogP contribution < -0.4 is 4.74 Å². The Hall–Kier alpha value is -1.88. The molecule has 0 aliphatic rings. The minimum Gasteiger partial charge on any atom is -0.491 e. The molecular weight excluding hydrogens is 325 g/mol. The molecule has 0 radical (unpaired) electrons. The van der Waals surface area contributed by atoms with Gasteiger partial charge in [0, 0.05) is 30.5 Å². The predicted molar refractivity (Wildman–Crippen MR) is 96.5 cm³/mol. The highest BCUT2D eigenvalue weighted by Crippen LogP contribution is 2.28. The number of amides is 1. The van der Waals surface area contributed by atoms with E-state index in [4.69, 9.17) is 4.74 Å². The van der Waals surface area contributed by atoms with E-state index < -0.39 is 0 Å². The molecule has 2 rings (SSSR count). The van der Waals surface area contributed by atoms with Crippen LogP contribution in [0.2, 0.25) is 0 Å². The molecule has 3 nitrogen and oxygen atoms in total. The maximum atomic E-state index is 13.5. The second-order valence-electron chi connectivity index (χ2n) is 5.83. The molecule has 1 aromatic carbocycles. The normalized spacial score (nSPS) is 10.9. The molecule has 24 heavy (non-hydrogen) atoms. The molecule has 0 bridgehead atoms. The Kier molecular flexibility index (Phi) is 6.37. The molecular formula is C19H24FNO2S. The lowest BCUT2D eigenvalue weighted by Crippen LogP contribution is -2.30. The molecule has 1 heterocycles. The van der Waals surface area contributed by atoms with E-state index in [1.807, 2.05) is 44.0 Å². The second-order valence-corrected chi connectivity index (χ2v) is 6.83. The Bertz CT molecular complexity index is 692. The molecule has 0 fully saturated rings. The lowest BCUT2D eigenvalue weighted by molar-refractivity contribution is 0.0772. The number of benzene rings is 1. The predicted octanol–water partition coefficient (Wildman–Crippen LogP) is 4.75. The van der Waals surface area contributed by atoms with E-state index in [0.29, 0.717) is 25.3 Å². The van der Waals surface area contributed by atoms with E-state index in [1.165, 1.54) is 12.1 Å². The van der Waals surface area contributed by atoms with Crippen molar-refractivity contribution in [3.63, 3.8) is 0 Å². The molecule has 0 unspecified atom stereocenters. The zero-order chi connectivity index (χ0) is 17.7. The van der Waals surface area contributed by atoms with Gasteiger partial charge < -0.3 is 9.64 Å². The van der Waals surface area contributed by atoms with Crippen LogP contribution in [-0.2, 0) is 6.42 Å². The SMILES string of the molecule is CCN(CC)C(=O)c1ccsc1Cc1ccc(F)cc1OC(C)C. The van der Waals surface area contributed by atoms with Crippen molar-refractivity contribution in [1.82, 2.24) is 4.90 Å². The number of carbonyl (C=O) groups excluding carboxylic acids is 1. The Labute approximate surface area is 147 Å². The van der Waals surface area contributed by atoms with Crippen LogP contribution in [0.1, 0.15) is 48.5 Å². The van der Waals surface area contributed by atoms with Gasteiger partial charge in [-0.2, -0.15) is 0 Å². The summed E-state index contributed by atoms with van der Waals surface area (Å²) in [5.74, 6) is 0.268. The van der Waals surface area contributed by atoms with Crippen LogP contribution in [0.25, 0.3) is 0 Å². The topological polar surface area (TPSA) is 29.5 Å². The zero-order valence-corrected chi connectivity index (χ0v) is 15.5. The third kappa shape index (κ3) is 4.35. The molecule has 0 spiro atoms. The zero-order valence-electron chi connectivity index (χ0n) is 14.6. The first-order valence-corrected chi connectivity index (χ1v) is 9.14. The van der Waals surface area contributed by atoms with E-state index in [2.05, 4.69) is 0 Å². The number of ether oxygens (including phenoxy) is 1. The number of rotatable bonds is 7. The summed E-state index contributed by atoms with van der Waals surface area (Å²) in [5, 5.41) is 1.93. The number of hydrogen-bond donors (Lipinski definition) is 0. The standard InChI is InChI=1S/C19H24FNO2S/c1-5-21(6-2)19(22)16-9-10-24-18(16)11-14-7-8-15(20)12-17(14)23-13(3)4/h7-10,12-13H,5-6,11H2,1-4H3. The van der Waals surface area contributed by atoms with Gasteiger partial charge in [-0.3, -0.25) is 4.79 Å². The maximum absolute atomic E-state index is 13.5. The molecule has 130 valence electrons. The summed E-state index contributed by atoms with van der Waals surface area (Å²) < 4.78 is 19.3. The van der Waals surface area contributed by atoms with E-state index in [9.17, 15) is 9.18 Å². The average Bonchev–Trinajstić information content (AvgIpc) is 2.98. The van der Waals surface area contributed by atoms with Crippen molar-refractivity contribution in [3.05, 3.63) is 51.5 Å². The van der Waals surface area contributed by atoms with Gasteiger partial charge in [0.2, 0.25) is 0 Å². The maximum Gasteiger partial charge on any atom is 0.254 e. The Morgan fingerprint density at radius 2 is 1.96 bits per heavy atom. The van der Waals surface area contributed by atoms with Gasteiger partial charge in [-0.1, -0.05) is 6.07 Å². The fourth-order valence-corrected chi connectivity index (χ4v) is 3.45. The van der Waals surface area contributed by atoms with Crippen molar-refractivity contribution in [2.45, 2.75) is 40.2 Å². The number of halogens is 1. The second kappa shape index (κ2) is 8.29. The van der Waals surface area contributed by atoms with Gasteiger partial charge in [-0.05, 0) is 50.8 Å². The van der Waals surface area contributed by atoms with Crippen molar-refractivity contribution < 1.29 is 13.9 Å². The molecule has 0 aliphatic carbocycles. The summed E-state index contributed by atoms with van der Waals surface area (Å²) in [6.07, 6.45) is 0.521. The minimum absolute atomic E-state index is 0.0364. The van der Waals surface area contributed by atoms with Gasteiger partial charge in [-0.25, -0.2) is 4.39 Å². The average molecular weight is 349 g/mol. The van der Waals surface area contributed by atoms with E-state index in [0.717, 1.165) is 16.0 Å². The van der Waals surface area contributed by atoms with Gasteiger partial charge in [0.05, 0.1) is 11.7 Å². The van der Waals surface area contributed by atoms with Crippen LogP contribution in [0, 0.1) is 5.82 Å². The van der Waals surface area contributed by atoms with Crippen LogP contribution in [0.4, 0.5) is 4.39 Å². The fourth-order valence-electron chi connectivity index (χ4n) is 2.56. The highest BCUT2D eigenvalue weighted by molar-refractivity contribution is 7.10. The highest BCUT2D eigenvalue weighted by atomic mass is 32.1. The quantitative estimate of drug-likeness (QED) is 0.722. The summed E-state index contributed by atoms with van der Waals surface area (Å²) in [5.41, 5.74) is 1.62. The summed E-state index contributed by atoms with van der Waals surface area (Å²) in [6.45, 7) is 9.14. The van der Waals surface area contributed by atoms with Gasteiger partial charge in [0.25, 0.3) is 5.91 Å².